The molecule has 2 N–H and O–H groups in total. The zero-order chi connectivity index (χ0) is 14.0. The maximum atomic E-state index is 11.4. The zero-order valence-corrected chi connectivity index (χ0v) is 10.6. The fourth-order valence-corrected chi connectivity index (χ4v) is 1.90. The summed E-state index contributed by atoms with van der Waals surface area (Å²) >= 11 is 5.88. The topological polar surface area (TPSA) is 82.4 Å². The summed E-state index contributed by atoms with van der Waals surface area (Å²) in [6, 6.07) is 5.54. The van der Waals surface area contributed by atoms with Gasteiger partial charge in [0.25, 0.3) is 4.92 Å². The first-order chi connectivity index (χ1) is 9.02. The van der Waals surface area contributed by atoms with Crippen molar-refractivity contribution >= 4 is 17.3 Å². The molecule has 1 heterocycles. The monoisotopic (exact) mass is 281 g/mol. The number of ether oxygens (including phenoxy) is 1. The number of H-pyrrole nitrogens is 1. The third kappa shape index (κ3) is 2.58. The molecule has 0 amide bonds. The van der Waals surface area contributed by atoms with Gasteiger partial charge in [0.1, 0.15) is 5.75 Å². The molecule has 0 atom stereocenters. The van der Waals surface area contributed by atoms with Gasteiger partial charge in [0.2, 0.25) is 5.56 Å². The highest BCUT2D eigenvalue weighted by atomic mass is 35.5. The average Bonchev–Trinajstić information content (AvgIpc) is 2.38. The van der Waals surface area contributed by atoms with Crippen molar-refractivity contribution in [2.75, 3.05) is 7.11 Å². The molecule has 0 aliphatic rings. The van der Waals surface area contributed by atoms with Gasteiger partial charge in [0, 0.05) is 28.9 Å². The second-order valence-corrected chi connectivity index (χ2v) is 4.15. The van der Waals surface area contributed by atoms with E-state index in [1.54, 1.807) is 0 Å². The summed E-state index contributed by atoms with van der Waals surface area (Å²) in [5.41, 5.74) is 0.261. The fourth-order valence-electron chi connectivity index (χ4n) is 1.73. The van der Waals surface area contributed by atoms with Crippen LogP contribution in [0.15, 0.2) is 35.3 Å². The Bertz CT molecular complexity index is 696. The largest absolute Gasteiger partial charge is 0.495 e. The van der Waals surface area contributed by atoms with Crippen molar-refractivity contribution in [3.8, 4) is 16.9 Å². The Balaban J connectivity index is 2.77. The molecule has 0 saturated heterocycles. The van der Waals surface area contributed by atoms with Gasteiger partial charge in [-0.05, 0) is 12.1 Å². The number of methoxy groups -OCH3 is 1. The van der Waals surface area contributed by atoms with Crippen molar-refractivity contribution in [1.29, 1.82) is 0 Å². The minimum absolute atomic E-state index is 0.0340. The van der Waals surface area contributed by atoms with Crippen molar-refractivity contribution in [3.05, 3.63) is 50.7 Å². The second-order valence-electron chi connectivity index (χ2n) is 3.71. The molecule has 0 aliphatic carbocycles. The zero-order valence-electron chi connectivity index (χ0n) is 9.88. The van der Waals surface area contributed by atoms with Gasteiger partial charge < -0.3 is 9.72 Å². The van der Waals surface area contributed by atoms with Crippen molar-refractivity contribution < 1.29 is 14.9 Å². The molecule has 0 unspecified atom stereocenters. The molecule has 2 rings (SSSR count). The maximum absolute atomic E-state index is 11.4. The number of rotatable bonds is 3. The van der Waals surface area contributed by atoms with Crippen LogP contribution in [0, 0.1) is 4.91 Å². The van der Waals surface area contributed by atoms with Crippen LogP contribution in [0.25, 0.3) is 11.1 Å². The number of benzene rings is 1. The smallest absolute Gasteiger partial charge is 0.324 e. The Hall–Kier alpha value is -2.34. The van der Waals surface area contributed by atoms with Crippen molar-refractivity contribution in [3.63, 3.8) is 0 Å². The maximum Gasteiger partial charge on any atom is 0.324 e. The van der Waals surface area contributed by atoms with Gasteiger partial charge in [-0.2, -0.15) is 0 Å². The molecule has 1 aromatic heterocycles. The fraction of sp³-hybridized carbons (Fsp3) is 0.0833. The quantitative estimate of drug-likeness (QED) is 0.847. The van der Waals surface area contributed by atoms with Crippen LogP contribution in [0.3, 0.4) is 0 Å². The Labute approximate surface area is 112 Å². The number of hydrogen-bond acceptors (Lipinski definition) is 3. The number of nitrogens with one attached hydrogen (secondary N) is 1. The molecule has 0 aliphatic heterocycles. The highest BCUT2D eigenvalue weighted by molar-refractivity contribution is 6.31. The van der Waals surface area contributed by atoms with Gasteiger partial charge in [-0.25, -0.2) is 5.21 Å². The molecule has 0 spiro atoms. The molecule has 2 aromatic rings. The molecule has 0 radical (unpaired) electrons. The summed E-state index contributed by atoms with van der Waals surface area (Å²) in [4.78, 5) is 24.7. The number of pyridine rings is 1. The number of nitrogens with zero attached hydrogens (tertiary/aromatic N) is 1. The van der Waals surface area contributed by atoms with Gasteiger partial charge in [-0.3, -0.25) is 4.79 Å². The Morgan fingerprint density at radius 1 is 1.32 bits per heavy atom. The van der Waals surface area contributed by atoms with E-state index in [1.165, 1.54) is 37.6 Å². The predicted molar refractivity (Wildman–Crippen MR) is 69.1 cm³/mol. The van der Waals surface area contributed by atoms with Gasteiger partial charge >= 0.3 is 5.69 Å². The van der Waals surface area contributed by atoms with Crippen LogP contribution in [0.4, 0.5) is 5.69 Å². The van der Waals surface area contributed by atoms with E-state index in [-0.39, 0.29) is 16.2 Å². The summed E-state index contributed by atoms with van der Waals surface area (Å²) in [6.07, 6.45) is 1.37. The summed E-state index contributed by atoms with van der Waals surface area (Å²) in [5, 5.41) is 9.46. The van der Waals surface area contributed by atoms with Crippen LogP contribution in [-0.4, -0.2) is 22.2 Å². The summed E-state index contributed by atoms with van der Waals surface area (Å²) in [5.74, 6) is 0.352. The van der Waals surface area contributed by atoms with E-state index in [0.717, 1.165) is 0 Å². The molecule has 0 bridgehead atoms. The lowest BCUT2D eigenvalue weighted by molar-refractivity contribution is -0.729. The van der Waals surface area contributed by atoms with Crippen LogP contribution >= 0.6 is 11.6 Å². The van der Waals surface area contributed by atoms with Crippen LogP contribution in [-0.2, 0) is 0 Å². The lowest BCUT2D eigenvalue weighted by Gasteiger charge is -2.07. The van der Waals surface area contributed by atoms with E-state index in [1.807, 2.05) is 0 Å². The van der Waals surface area contributed by atoms with Crippen LogP contribution in [0.2, 0.25) is 5.02 Å². The molecular formula is C12H10ClN2O4+. The minimum atomic E-state index is -0.364. The van der Waals surface area contributed by atoms with Crippen LogP contribution in [0.1, 0.15) is 0 Å². The second kappa shape index (κ2) is 5.11. The molecule has 6 nitrogen and oxygen atoms in total. The predicted octanol–water partition coefficient (Wildman–Crippen LogP) is 2.50. The molecular weight excluding hydrogens is 272 g/mol. The van der Waals surface area contributed by atoms with E-state index >= 15 is 0 Å². The lowest BCUT2D eigenvalue weighted by Crippen LogP contribution is -2.05. The molecule has 98 valence electrons. The van der Waals surface area contributed by atoms with Gasteiger partial charge in [0.05, 0.1) is 17.6 Å². The van der Waals surface area contributed by atoms with Gasteiger partial charge in [-0.15, -0.1) is 0 Å². The molecule has 7 heteroatoms. The third-order valence-electron chi connectivity index (χ3n) is 2.56. The van der Waals surface area contributed by atoms with Crippen LogP contribution < -0.4 is 10.3 Å². The van der Waals surface area contributed by atoms with Crippen molar-refractivity contribution in [2.24, 2.45) is 0 Å². The first kappa shape index (κ1) is 13.1. The number of aromatic nitrogens is 1. The van der Waals surface area contributed by atoms with Gasteiger partial charge in [-0.1, -0.05) is 11.6 Å². The van der Waals surface area contributed by atoms with E-state index in [2.05, 4.69) is 4.98 Å². The van der Waals surface area contributed by atoms with Crippen molar-refractivity contribution in [2.45, 2.75) is 0 Å². The molecule has 0 saturated carbocycles. The first-order valence-corrected chi connectivity index (χ1v) is 5.63. The van der Waals surface area contributed by atoms with Crippen molar-refractivity contribution in [1.82, 2.24) is 4.98 Å². The normalized spacial score (nSPS) is 10.2. The van der Waals surface area contributed by atoms with E-state index < -0.39 is 0 Å². The van der Waals surface area contributed by atoms with E-state index in [4.69, 9.17) is 21.5 Å². The number of hydrogen-bond donors (Lipinski definition) is 2. The average molecular weight is 282 g/mol. The van der Waals surface area contributed by atoms with E-state index in [9.17, 15) is 9.70 Å². The Morgan fingerprint density at radius 2 is 2.05 bits per heavy atom. The van der Waals surface area contributed by atoms with Crippen LogP contribution in [0.5, 0.6) is 5.75 Å². The first-order valence-electron chi connectivity index (χ1n) is 5.25. The SMILES string of the molecule is COc1c[nH]c(=O)cc1-c1cc(Cl)ccc1[N+](=O)O. The standard InChI is InChI=1S/C12H9ClN2O4/c1-19-11-6-14-12(16)5-9(11)8-4-7(13)2-3-10(8)15(17)18/h2-6H,1H3,(H-,14,16,17,18)/p+1. The minimum Gasteiger partial charge on any atom is -0.495 e. The number of aromatic amines is 1. The summed E-state index contributed by atoms with van der Waals surface area (Å²) in [7, 11) is 1.43. The Kier molecular flexibility index (Phi) is 3.52. The number of halogens is 1. The third-order valence-corrected chi connectivity index (χ3v) is 2.80. The van der Waals surface area contributed by atoms with E-state index in [0.29, 0.717) is 21.9 Å². The summed E-state index contributed by atoms with van der Waals surface area (Å²) < 4.78 is 5.11. The van der Waals surface area contributed by atoms with Gasteiger partial charge in [0.15, 0.2) is 0 Å². The molecule has 0 fully saturated rings. The lowest BCUT2D eigenvalue weighted by atomic mass is 10.0. The highest BCUT2D eigenvalue weighted by Crippen LogP contribution is 2.36. The molecule has 1 aromatic carbocycles. The summed E-state index contributed by atoms with van der Waals surface area (Å²) in [6.45, 7) is 0. The molecule has 19 heavy (non-hydrogen) atoms. The highest BCUT2D eigenvalue weighted by Gasteiger charge is 2.22. The Morgan fingerprint density at radius 3 is 2.68 bits per heavy atom.